The summed E-state index contributed by atoms with van der Waals surface area (Å²) < 4.78 is 27.8. The monoisotopic (exact) mass is 524 g/mol. The van der Waals surface area contributed by atoms with Gasteiger partial charge >= 0.3 is 0 Å². The minimum absolute atomic E-state index is 0.00963. The van der Waals surface area contributed by atoms with E-state index in [0.717, 1.165) is 19.6 Å². The number of amides is 1. The minimum atomic E-state index is -0.863. The molecule has 2 aromatic rings. The van der Waals surface area contributed by atoms with E-state index in [1.54, 1.807) is 36.4 Å². The molecule has 38 heavy (non-hydrogen) atoms. The zero-order valence-corrected chi connectivity index (χ0v) is 21.6. The van der Waals surface area contributed by atoms with E-state index in [-0.39, 0.29) is 11.3 Å². The highest BCUT2D eigenvalue weighted by Gasteiger charge is 2.47. The van der Waals surface area contributed by atoms with Crippen molar-refractivity contribution in [1.29, 1.82) is 0 Å². The van der Waals surface area contributed by atoms with Gasteiger partial charge in [0, 0.05) is 37.3 Å². The van der Waals surface area contributed by atoms with Gasteiger partial charge in [-0.25, -0.2) is 0 Å². The van der Waals surface area contributed by atoms with Gasteiger partial charge in [-0.05, 0) is 30.7 Å². The van der Waals surface area contributed by atoms with Gasteiger partial charge in [0.05, 0.1) is 39.0 Å². The van der Waals surface area contributed by atoms with Crippen molar-refractivity contribution in [3.05, 3.63) is 53.1 Å². The Labute approximate surface area is 221 Å². The maximum Gasteiger partial charge on any atom is 0.295 e. The van der Waals surface area contributed by atoms with E-state index in [2.05, 4.69) is 4.90 Å². The van der Waals surface area contributed by atoms with E-state index in [1.165, 1.54) is 19.1 Å². The molecule has 2 aromatic carbocycles. The van der Waals surface area contributed by atoms with Crippen molar-refractivity contribution in [3.8, 4) is 23.0 Å². The number of carbonyl (C=O) groups excluding carboxylic acids is 2. The Balaban J connectivity index is 1.55. The van der Waals surface area contributed by atoms with Crippen LogP contribution < -0.4 is 18.9 Å². The highest BCUT2D eigenvalue weighted by atomic mass is 16.6. The molecule has 0 spiro atoms. The van der Waals surface area contributed by atoms with Crippen LogP contribution in [-0.4, -0.2) is 93.4 Å². The zero-order chi connectivity index (χ0) is 26.6. The Hall–Kier alpha value is -3.76. The molecule has 5 rings (SSSR count). The first-order valence-corrected chi connectivity index (χ1v) is 12.7. The molecular weight excluding hydrogens is 492 g/mol. The summed E-state index contributed by atoms with van der Waals surface area (Å²) in [6, 6.07) is 9.39. The number of Topliss-reactive ketones (excluding diaryl/α,β-unsaturated/α-hetero) is 1. The molecule has 0 radical (unpaired) electrons. The highest BCUT2D eigenvalue weighted by molar-refractivity contribution is 6.46. The molecule has 0 bridgehead atoms. The van der Waals surface area contributed by atoms with Crippen LogP contribution in [0.15, 0.2) is 42.0 Å². The van der Waals surface area contributed by atoms with Gasteiger partial charge in [-0.15, -0.1) is 0 Å². The second kappa shape index (κ2) is 11.3. The average molecular weight is 525 g/mol. The summed E-state index contributed by atoms with van der Waals surface area (Å²) >= 11 is 0. The van der Waals surface area contributed by atoms with E-state index in [1.807, 2.05) is 0 Å². The van der Waals surface area contributed by atoms with Crippen molar-refractivity contribution in [3.63, 3.8) is 0 Å². The number of likely N-dealkylation sites (tertiary alicyclic amines) is 1. The number of aliphatic hydroxyl groups excluding tert-OH is 1. The normalized spacial score (nSPS) is 21.0. The number of methoxy groups -OCH3 is 2. The Morgan fingerprint density at radius 1 is 0.974 bits per heavy atom. The lowest BCUT2D eigenvalue weighted by atomic mass is 9.94. The number of ketones is 1. The predicted molar refractivity (Wildman–Crippen MR) is 138 cm³/mol. The first-order valence-electron chi connectivity index (χ1n) is 12.7. The summed E-state index contributed by atoms with van der Waals surface area (Å²) in [6.45, 7) is 4.92. The predicted octanol–water partition coefficient (Wildman–Crippen LogP) is 2.62. The fraction of sp³-hybridized carbons (Fsp3) is 0.429. The Morgan fingerprint density at radius 3 is 2.47 bits per heavy atom. The summed E-state index contributed by atoms with van der Waals surface area (Å²) in [5, 5.41) is 11.5. The SMILES string of the molecule is COc1cccc([C@H]2C(=C(O)c3ccc4c(c3)OCCO4)C(=O)C(=O)N2CCCN2CCOCC2)c1OC. The molecule has 1 atom stereocenters. The van der Waals surface area contributed by atoms with Crippen molar-refractivity contribution >= 4 is 17.4 Å². The van der Waals surface area contributed by atoms with E-state index in [9.17, 15) is 14.7 Å². The number of benzene rings is 2. The molecule has 1 N–H and O–H groups in total. The molecule has 10 nitrogen and oxygen atoms in total. The molecule has 2 fully saturated rings. The van der Waals surface area contributed by atoms with E-state index in [0.29, 0.717) is 73.5 Å². The quantitative estimate of drug-likeness (QED) is 0.317. The number of morpholine rings is 1. The number of carbonyl (C=O) groups is 2. The Kier molecular flexibility index (Phi) is 7.71. The second-order valence-corrected chi connectivity index (χ2v) is 9.24. The fourth-order valence-corrected chi connectivity index (χ4v) is 5.20. The highest BCUT2D eigenvalue weighted by Crippen LogP contribution is 2.46. The van der Waals surface area contributed by atoms with Crippen LogP contribution in [0.4, 0.5) is 0 Å². The summed E-state index contributed by atoms with van der Waals surface area (Å²) in [7, 11) is 3.03. The third kappa shape index (κ3) is 4.89. The molecule has 3 aliphatic rings. The summed E-state index contributed by atoms with van der Waals surface area (Å²) in [4.78, 5) is 30.6. The molecule has 202 valence electrons. The van der Waals surface area contributed by atoms with Crippen LogP contribution in [0.5, 0.6) is 23.0 Å². The number of aliphatic hydroxyl groups is 1. The number of ether oxygens (including phenoxy) is 5. The van der Waals surface area contributed by atoms with Crippen LogP contribution in [0.3, 0.4) is 0 Å². The fourth-order valence-electron chi connectivity index (χ4n) is 5.20. The van der Waals surface area contributed by atoms with Gasteiger partial charge in [-0.1, -0.05) is 12.1 Å². The van der Waals surface area contributed by atoms with Crippen molar-refractivity contribution in [2.45, 2.75) is 12.5 Å². The van der Waals surface area contributed by atoms with Crippen LogP contribution >= 0.6 is 0 Å². The molecule has 3 heterocycles. The lowest BCUT2D eigenvalue weighted by Gasteiger charge is -2.30. The van der Waals surface area contributed by atoms with Gasteiger partial charge in [-0.3, -0.25) is 14.5 Å². The Morgan fingerprint density at radius 2 is 1.74 bits per heavy atom. The topological polar surface area (TPSA) is 107 Å². The third-order valence-electron chi connectivity index (χ3n) is 7.06. The van der Waals surface area contributed by atoms with Gasteiger partial charge < -0.3 is 33.7 Å². The summed E-state index contributed by atoms with van der Waals surface area (Å²) in [5.41, 5.74) is 0.897. The van der Waals surface area contributed by atoms with E-state index in [4.69, 9.17) is 23.7 Å². The largest absolute Gasteiger partial charge is 0.507 e. The smallest absolute Gasteiger partial charge is 0.295 e. The number of rotatable bonds is 8. The van der Waals surface area contributed by atoms with Crippen LogP contribution in [0.2, 0.25) is 0 Å². The zero-order valence-electron chi connectivity index (χ0n) is 21.6. The lowest BCUT2D eigenvalue weighted by Crippen LogP contribution is -2.39. The van der Waals surface area contributed by atoms with Crippen LogP contribution in [0.25, 0.3) is 5.76 Å². The number of fused-ring (bicyclic) bond motifs is 1. The van der Waals surface area contributed by atoms with Gasteiger partial charge in [0.25, 0.3) is 11.7 Å². The van der Waals surface area contributed by atoms with E-state index >= 15 is 0 Å². The average Bonchev–Trinajstić information content (AvgIpc) is 3.21. The maximum absolute atomic E-state index is 13.5. The van der Waals surface area contributed by atoms with Gasteiger partial charge in [0.1, 0.15) is 19.0 Å². The van der Waals surface area contributed by atoms with Crippen molar-refractivity contribution < 1.29 is 38.4 Å². The van der Waals surface area contributed by atoms with Crippen LogP contribution in [0, 0.1) is 0 Å². The molecule has 0 saturated carbocycles. The van der Waals surface area contributed by atoms with Gasteiger partial charge in [0.2, 0.25) is 0 Å². The summed E-state index contributed by atoms with van der Waals surface area (Å²) in [6.07, 6.45) is 0.653. The lowest BCUT2D eigenvalue weighted by molar-refractivity contribution is -0.140. The van der Waals surface area contributed by atoms with Crippen molar-refractivity contribution in [2.75, 3.05) is 66.8 Å². The molecule has 0 aromatic heterocycles. The molecule has 10 heteroatoms. The van der Waals surface area contributed by atoms with Crippen LogP contribution in [0.1, 0.15) is 23.6 Å². The molecular formula is C28H32N2O8. The first kappa shape index (κ1) is 25.9. The number of hydrogen-bond donors (Lipinski definition) is 1. The molecule has 0 unspecified atom stereocenters. The van der Waals surface area contributed by atoms with Crippen LogP contribution in [-0.2, 0) is 14.3 Å². The second-order valence-electron chi connectivity index (χ2n) is 9.24. The van der Waals surface area contributed by atoms with E-state index < -0.39 is 17.7 Å². The maximum atomic E-state index is 13.5. The van der Waals surface area contributed by atoms with Gasteiger partial charge in [-0.2, -0.15) is 0 Å². The van der Waals surface area contributed by atoms with Crippen molar-refractivity contribution in [1.82, 2.24) is 9.80 Å². The summed E-state index contributed by atoms with van der Waals surface area (Å²) in [5.74, 6) is 0.180. The minimum Gasteiger partial charge on any atom is -0.507 e. The number of nitrogens with zero attached hydrogens (tertiary/aromatic N) is 2. The molecule has 3 aliphatic heterocycles. The molecule has 2 saturated heterocycles. The number of hydrogen-bond acceptors (Lipinski definition) is 9. The first-order chi connectivity index (χ1) is 18.5. The standard InChI is InChI=1S/C28H32N2O8/c1-34-21-6-3-5-19(27(21)35-2)24-23(25(31)18-7-8-20-22(17-18)38-16-15-37-20)26(32)28(33)30(24)10-4-9-29-11-13-36-14-12-29/h3,5-8,17,24,31H,4,9-16H2,1-2H3/t24-/m0/s1. The number of para-hydroxylation sites is 1. The third-order valence-corrected chi connectivity index (χ3v) is 7.06. The molecule has 0 aliphatic carbocycles. The Bertz CT molecular complexity index is 1240. The van der Waals surface area contributed by atoms with Gasteiger partial charge in [0.15, 0.2) is 23.0 Å². The van der Waals surface area contributed by atoms with Crippen molar-refractivity contribution in [2.24, 2.45) is 0 Å². The molecule has 1 amide bonds.